The molecule has 0 aliphatic carbocycles. The van der Waals surface area contributed by atoms with Crippen molar-refractivity contribution in [3.63, 3.8) is 0 Å². The lowest BCUT2D eigenvalue weighted by Gasteiger charge is -2.35. The average molecular weight is 348 g/mol. The van der Waals surface area contributed by atoms with Crippen LogP contribution in [0.2, 0.25) is 0 Å². The number of thiazole rings is 1. The summed E-state index contributed by atoms with van der Waals surface area (Å²) in [6.07, 6.45) is 0.318. The molecular weight excluding hydrogens is 328 g/mol. The van der Waals surface area contributed by atoms with Gasteiger partial charge in [-0.2, -0.15) is 0 Å². The summed E-state index contributed by atoms with van der Waals surface area (Å²) in [7, 11) is 2.12. The summed E-state index contributed by atoms with van der Waals surface area (Å²) in [5.41, 5.74) is 0.829. The molecule has 3 aliphatic rings. The zero-order chi connectivity index (χ0) is 16.3. The molecule has 8 heteroatoms. The molecule has 2 fully saturated rings. The molecule has 4 heterocycles. The molecule has 7 nitrogen and oxygen atoms in total. The van der Waals surface area contributed by atoms with E-state index in [1.54, 1.807) is 11.3 Å². The van der Waals surface area contributed by atoms with Crippen LogP contribution in [-0.4, -0.2) is 66.8 Å². The molecule has 2 saturated heterocycles. The molecule has 24 heavy (non-hydrogen) atoms. The molecule has 0 bridgehead atoms. The second-order valence-corrected chi connectivity index (χ2v) is 7.61. The van der Waals surface area contributed by atoms with Crippen molar-refractivity contribution < 1.29 is 14.6 Å². The zero-order valence-electron chi connectivity index (χ0n) is 13.4. The number of anilines is 1. The number of hydrogen-bond donors (Lipinski definition) is 2. The maximum absolute atomic E-state index is 10.5. The van der Waals surface area contributed by atoms with Crippen LogP contribution in [0.5, 0.6) is 11.5 Å². The molecule has 3 atom stereocenters. The standard InChI is InChI=1S/C16H20N4O3S/c1-19-5-4-10-9(8-19)17-15(21)20(10)16-18-13-12(24-16)3-2-11-14(13)23-7-6-22-11/h2-3,9-10,15,17,21H,4-8H2,1H3/t9-,10+,15?/m0/s1. The lowest BCUT2D eigenvalue weighted by atomic mass is 10.0. The summed E-state index contributed by atoms with van der Waals surface area (Å²) in [5.74, 6) is 1.48. The number of ether oxygens (including phenoxy) is 2. The van der Waals surface area contributed by atoms with Crippen LogP contribution in [0.3, 0.4) is 0 Å². The number of fused-ring (bicyclic) bond motifs is 4. The van der Waals surface area contributed by atoms with E-state index < -0.39 is 6.35 Å². The molecule has 1 aromatic carbocycles. The maximum atomic E-state index is 10.5. The minimum Gasteiger partial charge on any atom is -0.486 e. The third-order valence-corrected chi connectivity index (χ3v) is 6.07. The number of rotatable bonds is 1. The fourth-order valence-electron chi connectivity index (χ4n) is 3.90. The summed E-state index contributed by atoms with van der Waals surface area (Å²) >= 11 is 1.59. The van der Waals surface area contributed by atoms with Gasteiger partial charge >= 0.3 is 0 Å². The molecule has 2 N–H and O–H groups in total. The summed E-state index contributed by atoms with van der Waals surface area (Å²) in [6, 6.07) is 4.49. The highest BCUT2D eigenvalue weighted by Crippen LogP contribution is 2.43. The first kappa shape index (κ1) is 14.7. The van der Waals surface area contributed by atoms with E-state index in [-0.39, 0.29) is 12.1 Å². The molecule has 1 unspecified atom stereocenters. The Balaban J connectivity index is 1.54. The lowest BCUT2D eigenvalue weighted by molar-refractivity contribution is 0.152. The first-order chi connectivity index (χ1) is 11.7. The van der Waals surface area contributed by atoms with E-state index in [4.69, 9.17) is 14.5 Å². The van der Waals surface area contributed by atoms with Gasteiger partial charge in [0, 0.05) is 12.6 Å². The number of benzene rings is 1. The SMILES string of the molecule is CN1CC[C@@H]2[C@H](C1)NC(O)N2c1nc2c3c(ccc2s1)OCCO3. The molecule has 2 aromatic rings. The van der Waals surface area contributed by atoms with Gasteiger partial charge in [-0.15, -0.1) is 0 Å². The van der Waals surface area contributed by atoms with Gasteiger partial charge in [0.05, 0.1) is 10.7 Å². The fraction of sp³-hybridized carbons (Fsp3) is 0.562. The smallest absolute Gasteiger partial charge is 0.189 e. The van der Waals surface area contributed by atoms with Crippen molar-refractivity contribution in [3.05, 3.63) is 12.1 Å². The third kappa shape index (κ3) is 2.17. The first-order valence-electron chi connectivity index (χ1n) is 8.31. The molecule has 0 saturated carbocycles. The summed E-state index contributed by atoms with van der Waals surface area (Å²) < 4.78 is 12.5. The van der Waals surface area contributed by atoms with Crippen LogP contribution in [0.25, 0.3) is 10.2 Å². The number of piperidine rings is 1. The van der Waals surface area contributed by atoms with Gasteiger partial charge in [-0.25, -0.2) is 4.98 Å². The third-order valence-electron chi connectivity index (χ3n) is 5.04. The molecule has 5 rings (SSSR count). The Kier molecular flexibility index (Phi) is 3.34. The van der Waals surface area contributed by atoms with E-state index in [1.807, 2.05) is 17.0 Å². The van der Waals surface area contributed by atoms with Crippen molar-refractivity contribution in [1.29, 1.82) is 0 Å². The van der Waals surface area contributed by atoms with Crippen LogP contribution in [0.4, 0.5) is 5.13 Å². The van der Waals surface area contributed by atoms with E-state index in [1.165, 1.54) is 0 Å². The minimum absolute atomic E-state index is 0.263. The molecule has 3 aliphatic heterocycles. The minimum atomic E-state index is -0.694. The van der Waals surface area contributed by atoms with Crippen LogP contribution < -0.4 is 19.7 Å². The zero-order valence-corrected chi connectivity index (χ0v) is 14.3. The Morgan fingerprint density at radius 2 is 2.21 bits per heavy atom. The van der Waals surface area contributed by atoms with E-state index in [0.717, 1.165) is 46.4 Å². The number of aromatic nitrogens is 1. The van der Waals surface area contributed by atoms with Gasteiger partial charge in [-0.1, -0.05) is 11.3 Å². The number of nitrogens with one attached hydrogen (secondary N) is 1. The van der Waals surface area contributed by atoms with Crippen LogP contribution in [0, 0.1) is 0 Å². The van der Waals surface area contributed by atoms with Gasteiger partial charge in [0.2, 0.25) is 0 Å². The highest BCUT2D eigenvalue weighted by Gasteiger charge is 2.43. The molecule has 0 spiro atoms. The Morgan fingerprint density at radius 1 is 1.33 bits per heavy atom. The Labute approximate surface area is 143 Å². The maximum Gasteiger partial charge on any atom is 0.189 e. The van der Waals surface area contributed by atoms with Gasteiger partial charge in [0.15, 0.2) is 23.0 Å². The largest absolute Gasteiger partial charge is 0.486 e. The van der Waals surface area contributed by atoms with Crippen molar-refractivity contribution in [3.8, 4) is 11.5 Å². The molecular formula is C16H20N4O3S. The Bertz CT molecular complexity index is 782. The quantitative estimate of drug-likeness (QED) is 0.791. The molecule has 0 radical (unpaired) electrons. The highest BCUT2D eigenvalue weighted by molar-refractivity contribution is 7.22. The first-order valence-corrected chi connectivity index (χ1v) is 9.12. The van der Waals surface area contributed by atoms with Gasteiger partial charge in [-0.3, -0.25) is 5.32 Å². The van der Waals surface area contributed by atoms with Gasteiger partial charge in [-0.05, 0) is 32.1 Å². The predicted molar refractivity (Wildman–Crippen MR) is 91.9 cm³/mol. The van der Waals surface area contributed by atoms with Crippen molar-refractivity contribution in [2.45, 2.75) is 24.9 Å². The summed E-state index contributed by atoms with van der Waals surface area (Å²) in [5, 5.41) is 14.7. The summed E-state index contributed by atoms with van der Waals surface area (Å²) in [6.45, 7) is 3.09. The van der Waals surface area contributed by atoms with Gasteiger partial charge < -0.3 is 24.4 Å². The van der Waals surface area contributed by atoms with E-state index in [0.29, 0.717) is 13.2 Å². The molecule has 1 aromatic heterocycles. The number of likely N-dealkylation sites (tertiary alicyclic amines) is 1. The van der Waals surface area contributed by atoms with Crippen LogP contribution >= 0.6 is 11.3 Å². The predicted octanol–water partition coefficient (Wildman–Crippen LogP) is 0.826. The van der Waals surface area contributed by atoms with Crippen molar-refractivity contribution in [2.75, 3.05) is 38.3 Å². The highest BCUT2D eigenvalue weighted by atomic mass is 32.1. The van der Waals surface area contributed by atoms with Crippen molar-refractivity contribution in [2.24, 2.45) is 0 Å². The van der Waals surface area contributed by atoms with Gasteiger partial charge in [0.25, 0.3) is 0 Å². The van der Waals surface area contributed by atoms with Crippen LogP contribution in [0.15, 0.2) is 12.1 Å². The number of nitrogens with zero attached hydrogens (tertiary/aromatic N) is 3. The molecule has 128 valence electrons. The van der Waals surface area contributed by atoms with E-state index in [2.05, 4.69) is 17.3 Å². The van der Waals surface area contributed by atoms with Gasteiger partial charge in [0.1, 0.15) is 18.7 Å². The van der Waals surface area contributed by atoms with Crippen molar-refractivity contribution >= 4 is 26.7 Å². The van der Waals surface area contributed by atoms with Crippen molar-refractivity contribution in [1.82, 2.24) is 15.2 Å². The van der Waals surface area contributed by atoms with E-state index in [9.17, 15) is 5.11 Å². The second-order valence-electron chi connectivity index (χ2n) is 6.61. The Morgan fingerprint density at radius 3 is 3.12 bits per heavy atom. The lowest BCUT2D eigenvalue weighted by Crippen LogP contribution is -2.49. The second kappa shape index (κ2) is 5.45. The Hall–Kier alpha value is -1.61. The topological polar surface area (TPSA) is 70.1 Å². The monoisotopic (exact) mass is 348 g/mol. The summed E-state index contributed by atoms with van der Waals surface area (Å²) in [4.78, 5) is 9.12. The number of hydrogen-bond acceptors (Lipinski definition) is 8. The average Bonchev–Trinajstić information content (AvgIpc) is 3.14. The fourth-order valence-corrected chi connectivity index (χ4v) is 4.94. The van der Waals surface area contributed by atoms with Crippen LogP contribution in [-0.2, 0) is 0 Å². The normalized spacial score (nSPS) is 29.9. The number of aliphatic hydroxyl groups excluding tert-OH is 1. The number of aliphatic hydroxyl groups is 1. The molecule has 0 amide bonds. The van der Waals surface area contributed by atoms with Crippen LogP contribution in [0.1, 0.15) is 6.42 Å². The number of likely N-dealkylation sites (N-methyl/N-ethyl adjacent to an activating group) is 1. The van der Waals surface area contributed by atoms with E-state index >= 15 is 0 Å².